The lowest BCUT2D eigenvalue weighted by molar-refractivity contribution is -0.148. The summed E-state index contributed by atoms with van der Waals surface area (Å²) in [7, 11) is 1.57. The minimum atomic E-state index is -0.513. The van der Waals surface area contributed by atoms with Crippen molar-refractivity contribution in [3.05, 3.63) is 35.9 Å². The van der Waals surface area contributed by atoms with Gasteiger partial charge >= 0.3 is 0 Å². The molecule has 0 aromatic heterocycles. The summed E-state index contributed by atoms with van der Waals surface area (Å²) in [6, 6.07) is 10.3. The maximum atomic E-state index is 9.88. The molecule has 17 heavy (non-hydrogen) atoms. The van der Waals surface area contributed by atoms with Gasteiger partial charge in [0.1, 0.15) is 6.10 Å². The van der Waals surface area contributed by atoms with Crippen LogP contribution in [0.3, 0.4) is 0 Å². The Morgan fingerprint density at radius 1 is 1.29 bits per heavy atom. The number of hydrogen-bond donors (Lipinski definition) is 1. The molecule has 1 fully saturated rings. The monoisotopic (exact) mass is 236 g/mol. The van der Waals surface area contributed by atoms with Crippen LogP contribution in [0.15, 0.2) is 30.3 Å². The number of aryl methyl sites for hydroxylation is 1. The average molecular weight is 236 g/mol. The Morgan fingerprint density at radius 3 is 2.59 bits per heavy atom. The molecular formula is C14H20O3. The van der Waals surface area contributed by atoms with Gasteiger partial charge in [0.05, 0.1) is 6.10 Å². The third-order valence-corrected chi connectivity index (χ3v) is 3.51. The van der Waals surface area contributed by atoms with Crippen LogP contribution in [0, 0.1) is 5.92 Å². The minimum absolute atomic E-state index is 0.0788. The Morgan fingerprint density at radius 2 is 2.00 bits per heavy atom. The SMILES string of the molecule is CO[C@@H]1O[C@H](CCc2ccccc2)[C@H](C)[C@H]1O. The molecule has 1 aromatic rings. The van der Waals surface area contributed by atoms with E-state index < -0.39 is 12.4 Å². The second kappa shape index (κ2) is 5.63. The second-order valence-corrected chi connectivity index (χ2v) is 4.65. The van der Waals surface area contributed by atoms with E-state index in [9.17, 15) is 5.11 Å². The zero-order valence-electron chi connectivity index (χ0n) is 10.4. The average Bonchev–Trinajstić information content (AvgIpc) is 2.65. The number of rotatable bonds is 4. The quantitative estimate of drug-likeness (QED) is 0.869. The second-order valence-electron chi connectivity index (χ2n) is 4.65. The van der Waals surface area contributed by atoms with Crippen LogP contribution in [-0.2, 0) is 15.9 Å². The number of ether oxygens (including phenoxy) is 2. The summed E-state index contributed by atoms with van der Waals surface area (Å²) in [4.78, 5) is 0. The number of aliphatic hydroxyl groups excluding tert-OH is 1. The summed E-state index contributed by atoms with van der Waals surface area (Å²) in [5, 5.41) is 9.88. The van der Waals surface area contributed by atoms with Crippen LogP contribution in [0.25, 0.3) is 0 Å². The standard InChI is InChI=1S/C14H20O3/c1-10-12(17-14(16-2)13(10)15)9-8-11-6-4-3-5-7-11/h3-7,10,12-15H,8-9H2,1-2H3/t10-,12+,13+,14+/m0/s1. The highest BCUT2D eigenvalue weighted by Crippen LogP contribution is 2.29. The van der Waals surface area contributed by atoms with Crippen molar-refractivity contribution in [2.24, 2.45) is 5.92 Å². The molecule has 2 rings (SSSR count). The van der Waals surface area contributed by atoms with E-state index in [2.05, 4.69) is 12.1 Å². The molecule has 94 valence electrons. The van der Waals surface area contributed by atoms with E-state index in [0.717, 1.165) is 12.8 Å². The number of methoxy groups -OCH3 is 1. The predicted molar refractivity (Wildman–Crippen MR) is 65.6 cm³/mol. The van der Waals surface area contributed by atoms with Crippen molar-refractivity contribution >= 4 is 0 Å². The molecule has 1 heterocycles. The lowest BCUT2D eigenvalue weighted by atomic mass is 9.96. The Labute approximate surface area is 102 Å². The maximum Gasteiger partial charge on any atom is 0.183 e. The van der Waals surface area contributed by atoms with Crippen molar-refractivity contribution in [2.45, 2.75) is 38.3 Å². The summed E-state index contributed by atoms with van der Waals surface area (Å²) in [5.74, 6) is 0.128. The molecule has 0 aliphatic carbocycles. The zero-order valence-corrected chi connectivity index (χ0v) is 10.4. The van der Waals surface area contributed by atoms with E-state index in [1.165, 1.54) is 5.56 Å². The fraction of sp³-hybridized carbons (Fsp3) is 0.571. The molecule has 1 aliphatic rings. The van der Waals surface area contributed by atoms with Crippen LogP contribution in [0.5, 0.6) is 0 Å². The fourth-order valence-electron chi connectivity index (χ4n) is 2.32. The molecule has 0 saturated carbocycles. The van der Waals surface area contributed by atoms with Gasteiger partial charge in [-0.1, -0.05) is 37.3 Å². The molecule has 4 atom stereocenters. The molecule has 1 N–H and O–H groups in total. The first-order valence-corrected chi connectivity index (χ1v) is 6.12. The van der Waals surface area contributed by atoms with Crippen molar-refractivity contribution < 1.29 is 14.6 Å². The van der Waals surface area contributed by atoms with Gasteiger partial charge in [-0.15, -0.1) is 0 Å². The highest BCUT2D eigenvalue weighted by molar-refractivity contribution is 5.14. The molecule has 0 unspecified atom stereocenters. The van der Waals surface area contributed by atoms with Crippen LogP contribution in [-0.4, -0.2) is 30.7 Å². The molecule has 0 spiro atoms. The third-order valence-electron chi connectivity index (χ3n) is 3.51. The zero-order chi connectivity index (χ0) is 12.3. The minimum Gasteiger partial charge on any atom is -0.387 e. The first-order chi connectivity index (χ1) is 8.22. The Balaban J connectivity index is 1.88. The molecule has 1 aliphatic heterocycles. The molecule has 0 bridgehead atoms. The van der Waals surface area contributed by atoms with Gasteiger partial charge in [0.15, 0.2) is 6.29 Å². The Bertz CT molecular complexity index is 339. The van der Waals surface area contributed by atoms with Gasteiger partial charge in [-0.3, -0.25) is 0 Å². The first kappa shape index (κ1) is 12.6. The number of aliphatic hydroxyl groups is 1. The Kier molecular flexibility index (Phi) is 4.15. The molecule has 1 saturated heterocycles. The normalized spacial score (nSPS) is 32.9. The molecule has 0 radical (unpaired) electrons. The summed E-state index contributed by atoms with van der Waals surface area (Å²) < 4.78 is 10.8. The van der Waals surface area contributed by atoms with Gasteiger partial charge in [0.2, 0.25) is 0 Å². The number of benzene rings is 1. The van der Waals surface area contributed by atoms with E-state index in [1.54, 1.807) is 7.11 Å². The molecule has 0 amide bonds. The Hall–Kier alpha value is -0.900. The van der Waals surface area contributed by atoms with Gasteiger partial charge in [-0.2, -0.15) is 0 Å². The van der Waals surface area contributed by atoms with Crippen molar-refractivity contribution in [2.75, 3.05) is 7.11 Å². The topological polar surface area (TPSA) is 38.7 Å². The van der Waals surface area contributed by atoms with E-state index >= 15 is 0 Å². The van der Waals surface area contributed by atoms with E-state index in [4.69, 9.17) is 9.47 Å². The lowest BCUT2D eigenvalue weighted by Gasteiger charge is -2.14. The molecular weight excluding hydrogens is 216 g/mol. The largest absolute Gasteiger partial charge is 0.387 e. The summed E-state index contributed by atoms with van der Waals surface area (Å²) in [5.41, 5.74) is 1.30. The van der Waals surface area contributed by atoms with Crippen molar-refractivity contribution in [1.82, 2.24) is 0 Å². The summed E-state index contributed by atoms with van der Waals surface area (Å²) >= 11 is 0. The molecule has 3 nitrogen and oxygen atoms in total. The van der Waals surface area contributed by atoms with Gasteiger partial charge in [-0.05, 0) is 18.4 Å². The fourth-order valence-corrected chi connectivity index (χ4v) is 2.32. The van der Waals surface area contributed by atoms with E-state index in [1.807, 2.05) is 25.1 Å². The summed E-state index contributed by atoms with van der Waals surface area (Å²) in [6.45, 7) is 2.01. The molecule has 1 aromatic carbocycles. The first-order valence-electron chi connectivity index (χ1n) is 6.12. The van der Waals surface area contributed by atoms with Gasteiger partial charge in [0.25, 0.3) is 0 Å². The van der Waals surface area contributed by atoms with Gasteiger partial charge in [0, 0.05) is 13.0 Å². The van der Waals surface area contributed by atoms with E-state index in [-0.39, 0.29) is 12.0 Å². The molecule has 3 heteroatoms. The van der Waals surface area contributed by atoms with Crippen LogP contribution >= 0.6 is 0 Å². The lowest BCUT2D eigenvalue weighted by Crippen LogP contribution is -2.26. The smallest absolute Gasteiger partial charge is 0.183 e. The van der Waals surface area contributed by atoms with Gasteiger partial charge in [-0.25, -0.2) is 0 Å². The van der Waals surface area contributed by atoms with Crippen molar-refractivity contribution in [3.8, 4) is 0 Å². The number of hydrogen-bond acceptors (Lipinski definition) is 3. The van der Waals surface area contributed by atoms with Crippen LogP contribution < -0.4 is 0 Å². The van der Waals surface area contributed by atoms with Crippen LogP contribution in [0.2, 0.25) is 0 Å². The van der Waals surface area contributed by atoms with Gasteiger partial charge < -0.3 is 14.6 Å². The van der Waals surface area contributed by atoms with E-state index in [0.29, 0.717) is 0 Å². The van der Waals surface area contributed by atoms with Crippen molar-refractivity contribution in [3.63, 3.8) is 0 Å². The summed E-state index contributed by atoms with van der Waals surface area (Å²) in [6.07, 6.45) is 0.989. The van der Waals surface area contributed by atoms with Crippen LogP contribution in [0.1, 0.15) is 18.9 Å². The third kappa shape index (κ3) is 2.86. The predicted octanol–water partition coefficient (Wildman–Crippen LogP) is 1.99. The van der Waals surface area contributed by atoms with Crippen LogP contribution in [0.4, 0.5) is 0 Å². The van der Waals surface area contributed by atoms with Crippen molar-refractivity contribution in [1.29, 1.82) is 0 Å². The highest BCUT2D eigenvalue weighted by atomic mass is 16.7. The highest BCUT2D eigenvalue weighted by Gasteiger charge is 2.40. The maximum absolute atomic E-state index is 9.88.